The van der Waals surface area contributed by atoms with E-state index in [9.17, 15) is 25.9 Å². The number of aryl methyl sites for hydroxylation is 4. The average molecular weight is 1210 g/mol. The van der Waals surface area contributed by atoms with E-state index < -0.39 is 30.0 Å². The molecule has 3 aliphatic rings. The summed E-state index contributed by atoms with van der Waals surface area (Å²) in [6.45, 7) is 8.09. The molecular weight excluding hydrogens is 1160 g/mol. The Hall–Kier alpha value is -10.0. The molecule has 8 aromatic carbocycles. The predicted molar refractivity (Wildman–Crippen MR) is 326 cm³/mol. The van der Waals surface area contributed by atoms with Gasteiger partial charge in [0.1, 0.15) is 9.79 Å². The van der Waals surface area contributed by atoms with Crippen LogP contribution in [0.25, 0.3) is 90.4 Å². The SMILES string of the molecule is Cc1ccccc1N=C(N)Nc1ccccc1C.Cc1ccccc1N=C(N)Nc1ccccc1C.O=S(=O)(O)c1cccc2c1-c1nc3nc([n-]c4[n-]c(nc5nc(nc-2n1)-c1ccccc1-5)c1c(S(=O)(=O)O)cccc41)-c1ccccc1-3.[Cu+2]. The van der Waals surface area contributed by atoms with Crippen LogP contribution in [0.1, 0.15) is 22.3 Å². The van der Waals surface area contributed by atoms with Crippen LogP contribution >= 0.6 is 0 Å². The van der Waals surface area contributed by atoms with Gasteiger partial charge >= 0.3 is 17.1 Å². The van der Waals surface area contributed by atoms with Crippen molar-refractivity contribution in [3.8, 4) is 68.3 Å². The molecule has 0 saturated heterocycles. The number of hydrogen-bond acceptors (Lipinski definition) is 12. The van der Waals surface area contributed by atoms with Crippen LogP contribution in [0.5, 0.6) is 0 Å². The monoisotopic (exact) mass is 1210 g/mol. The number of benzene rings is 8. The number of nitrogens with one attached hydrogen (secondary N) is 2. The number of para-hydroxylation sites is 4. The Labute approximate surface area is 499 Å². The molecule has 8 N–H and O–H groups in total. The summed E-state index contributed by atoms with van der Waals surface area (Å²) in [4.78, 5) is 45.3. The summed E-state index contributed by atoms with van der Waals surface area (Å²) in [5, 5.41) is 6.55. The van der Waals surface area contributed by atoms with Crippen LogP contribution in [0.2, 0.25) is 0 Å². The summed E-state index contributed by atoms with van der Waals surface area (Å²) < 4.78 is 70.5. The maximum absolute atomic E-state index is 12.5. The predicted octanol–water partition coefficient (Wildman–Crippen LogP) is 11.2. The third-order valence-corrected chi connectivity index (χ3v) is 15.4. The number of fused-ring (bicyclic) bond motifs is 20. The molecule has 0 saturated carbocycles. The number of anilines is 2. The van der Waals surface area contributed by atoms with Gasteiger partial charge in [-0.05, 0) is 103 Å². The van der Waals surface area contributed by atoms with E-state index in [1.54, 1.807) is 60.7 Å². The van der Waals surface area contributed by atoms with Gasteiger partial charge in [-0.3, -0.25) is 9.11 Å². The molecule has 0 unspecified atom stereocenters. The van der Waals surface area contributed by atoms with Crippen molar-refractivity contribution < 1.29 is 43.0 Å². The molecule has 8 bridgehead atoms. The minimum atomic E-state index is -4.71. The topological polar surface area (TPSA) is 315 Å². The molecule has 2 aromatic heterocycles. The maximum Gasteiger partial charge on any atom is 2.00 e. The van der Waals surface area contributed by atoms with Gasteiger partial charge in [0.15, 0.2) is 35.2 Å². The standard InChI is InChI=1S/C32H16N8O6S2.2C15H17N3.Cu/c41-47(42,43)21-13-5-11-19-23(21)32-38-28-18-10-4-2-8-16(18)26(34-28)36-30-20-12-6-14-22(48(44,45)46)24(20)31(40-30)37-27-17-9-3-1-7-15(17)25(33-27)35-29(19)39-32;2*1-11-7-3-5-9-13(11)17-15(16)18-14-10-6-4-8-12(14)2;/h1-14H,(H2-2,33,34,35,36,37,38,39,40,41,42,43,44,45,46);2*3-10H,1-2H3,(H3,16,17,18);/q-2;;;+2. The Bertz CT molecular complexity index is 4690. The van der Waals surface area contributed by atoms with Crippen LogP contribution in [0.4, 0.5) is 22.7 Å². The van der Waals surface area contributed by atoms with Gasteiger partial charge in [0, 0.05) is 44.9 Å². The Morgan fingerprint density at radius 2 is 0.835 bits per heavy atom. The summed E-state index contributed by atoms with van der Waals surface area (Å²) in [5.41, 5.74) is 22.6. The van der Waals surface area contributed by atoms with Crippen molar-refractivity contribution in [2.24, 2.45) is 21.5 Å². The first kappa shape index (κ1) is 58.2. The number of aliphatic imine (C=N–C) groups is 2. The van der Waals surface area contributed by atoms with Crippen LogP contribution in [0.15, 0.2) is 202 Å². The van der Waals surface area contributed by atoms with Crippen LogP contribution < -0.4 is 32.1 Å². The normalized spacial score (nSPS) is 12.0. The maximum atomic E-state index is 12.5. The number of rotatable bonds is 6. The molecule has 0 atom stereocenters. The second-order valence-electron chi connectivity index (χ2n) is 19.3. The molecule has 5 heterocycles. The van der Waals surface area contributed by atoms with E-state index in [0.717, 1.165) is 45.0 Å². The van der Waals surface area contributed by atoms with Gasteiger partial charge < -0.3 is 37.1 Å². The molecular formula is C62H50CuN14O6S2. The van der Waals surface area contributed by atoms with Crippen LogP contribution in [0, 0.1) is 27.7 Å². The van der Waals surface area contributed by atoms with Crippen molar-refractivity contribution in [2.45, 2.75) is 37.5 Å². The Morgan fingerprint density at radius 3 is 1.35 bits per heavy atom. The zero-order chi connectivity index (χ0) is 58.9. The summed E-state index contributed by atoms with van der Waals surface area (Å²) in [6.07, 6.45) is 0. The average Bonchev–Trinajstić information content (AvgIpc) is 3.97. The summed E-state index contributed by atoms with van der Waals surface area (Å²) in [5.74, 6) is 1.46. The molecule has 10 aromatic rings. The number of nitrogens with two attached hydrogens (primary N) is 2. The van der Waals surface area contributed by atoms with Crippen LogP contribution in [-0.2, 0) is 37.3 Å². The van der Waals surface area contributed by atoms with Gasteiger partial charge in [-0.15, -0.1) is 11.5 Å². The molecule has 0 aliphatic carbocycles. The number of aromatic nitrogens is 8. The first-order chi connectivity index (χ1) is 40.4. The van der Waals surface area contributed by atoms with Crippen molar-refractivity contribution >= 4 is 77.0 Å². The van der Waals surface area contributed by atoms with Gasteiger partial charge in [-0.1, -0.05) is 146 Å². The van der Waals surface area contributed by atoms with Crippen molar-refractivity contribution in [3.05, 3.63) is 204 Å². The quantitative estimate of drug-likeness (QED) is 0.0390. The molecule has 23 heteroatoms. The van der Waals surface area contributed by atoms with Gasteiger partial charge in [0.25, 0.3) is 20.2 Å². The van der Waals surface area contributed by atoms with Gasteiger partial charge in [-0.25, -0.2) is 34.9 Å². The zero-order valence-corrected chi connectivity index (χ0v) is 48.2. The van der Waals surface area contributed by atoms with Crippen LogP contribution in [0.3, 0.4) is 0 Å². The molecule has 85 heavy (non-hydrogen) atoms. The largest absolute Gasteiger partial charge is 2.00 e. The molecule has 13 rings (SSSR count). The third kappa shape index (κ3) is 12.4. The van der Waals surface area contributed by atoms with E-state index in [1.165, 1.54) is 24.3 Å². The van der Waals surface area contributed by atoms with Gasteiger partial charge in [0.05, 0.1) is 16.9 Å². The number of hydrogen-bond donors (Lipinski definition) is 6. The first-order valence-electron chi connectivity index (χ1n) is 25.9. The second-order valence-corrected chi connectivity index (χ2v) is 22.1. The van der Waals surface area contributed by atoms with E-state index in [1.807, 2.05) is 125 Å². The van der Waals surface area contributed by atoms with Crippen molar-refractivity contribution in [3.63, 3.8) is 0 Å². The Morgan fingerprint density at radius 1 is 0.435 bits per heavy atom. The second kappa shape index (κ2) is 24.1. The summed E-state index contributed by atoms with van der Waals surface area (Å²) in [6, 6.07) is 54.5. The molecule has 427 valence electrons. The minimum Gasteiger partial charge on any atom is -0.523 e. The molecule has 0 spiro atoms. The van der Waals surface area contributed by atoms with E-state index in [4.69, 9.17) is 21.4 Å². The fraction of sp³-hybridized carbons (Fsp3) is 0.0645. The van der Waals surface area contributed by atoms with Crippen molar-refractivity contribution in [2.75, 3.05) is 10.6 Å². The fourth-order valence-electron chi connectivity index (χ4n) is 9.42. The van der Waals surface area contributed by atoms with Crippen LogP contribution in [-0.4, -0.2) is 67.8 Å². The van der Waals surface area contributed by atoms with Crippen molar-refractivity contribution in [1.82, 2.24) is 39.9 Å². The smallest absolute Gasteiger partial charge is 0.523 e. The number of nitrogens with zero attached hydrogens (tertiary/aromatic N) is 10. The molecule has 3 aliphatic heterocycles. The van der Waals surface area contributed by atoms with E-state index >= 15 is 0 Å². The number of guanidine groups is 2. The molecule has 1 radical (unpaired) electrons. The third-order valence-electron chi connectivity index (χ3n) is 13.6. The minimum absolute atomic E-state index is 0. The summed E-state index contributed by atoms with van der Waals surface area (Å²) in [7, 11) is -9.43. The van der Waals surface area contributed by atoms with E-state index in [-0.39, 0.29) is 85.2 Å². The summed E-state index contributed by atoms with van der Waals surface area (Å²) >= 11 is 0. The van der Waals surface area contributed by atoms with E-state index in [0.29, 0.717) is 34.2 Å². The first-order valence-corrected chi connectivity index (χ1v) is 28.8. The van der Waals surface area contributed by atoms with E-state index in [2.05, 4.69) is 50.5 Å². The zero-order valence-electron chi connectivity index (χ0n) is 45.6. The van der Waals surface area contributed by atoms with Gasteiger partial charge in [-0.2, -0.15) is 16.8 Å². The Kier molecular flexibility index (Phi) is 16.5. The Balaban J connectivity index is 0.000000178. The molecule has 0 fully saturated rings. The van der Waals surface area contributed by atoms with Crippen molar-refractivity contribution in [1.29, 1.82) is 0 Å². The van der Waals surface area contributed by atoms with Gasteiger partial charge in [0.2, 0.25) is 0 Å². The molecule has 20 nitrogen and oxygen atoms in total. The fourth-order valence-corrected chi connectivity index (χ4v) is 10.8. The molecule has 0 amide bonds.